The van der Waals surface area contributed by atoms with Crippen molar-refractivity contribution in [1.82, 2.24) is 9.55 Å². The van der Waals surface area contributed by atoms with Crippen molar-refractivity contribution in [3.63, 3.8) is 0 Å². The zero-order valence-electron chi connectivity index (χ0n) is 12.3. The molecule has 1 heterocycles. The Hall–Kier alpha value is -2.02. The maximum atomic E-state index is 12.3. The molecule has 1 aromatic carbocycles. The van der Waals surface area contributed by atoms with Crippen LogP contribution in [0.4, 0.5) is 5.69 Å². The molecule has 0 aliphatic carbocycles. The van der Waals surface area contributed by atoms with E-state index in [9.17, 15) is 13.5 Å². The van der Waals surface area contributed by atoms with E-state index in [1.54, 1.807) is 30.5 Å². The number of rotatable bonds is 5. The van der Waals surface area contributed by atoms with Crippen molar-refractivity contribution in [3.8, 4) is 5.75 Å². The molecule has 21 heavy (non-hydrogen) atoms. The highest BCUT2D eigenvalue weighted by Crippen LogP contribution is 2.28. The van der Waals surface area contributed by atoms with Gasteiger partial charge in [-0.2, -0.15) is 8.42 Å². The Balaban J connectivity index is 2.34. The quantitative estimate of drug-likeness (QED) is 0.831. The Labute approximate surface area is 124 Å². The molecule has 7 heteroatoms. The first-order valence-corrected chi connectivity index (χ1v) is 8.18. The third-order valence-electron chi connectivity index (χ3n) is 3.18. The van der Waals surface area contributed by atoms with Crippen molar-refractivity contribution in [3.05, 3.63) is 35.8 Å². The van der Waals surface area contributed by atoms with Crippen LogP contribution in [0.3, 0.4) is 0 Å². The summed E-state index contributed by atoms with van der Waals surface area (Å²) in [7, 11) is -3.81. The molecule has 0 aliphatic rings. The van der Waals surface area contributed by atoms with Gasteiger partial charge >= 0.3 is 0 Å². The van der Waals surface area contributed by atoms with Crippen molar-refractivity contribution < 1.29 is 13.5 Å². The highest BCUT2D eigenvalue weighted by Gasteiger charge is 2.20. The Kier molecular flexibility index (Phi) is 4.22. The summed E-state index contributed by atoms with van der Waals surface area (Å²) in [4.78, 5) is 4.08. The minimum absolute atomic E-state index is 0.0469. The first-order chi connectivity index (χ1) is 9.85. The molecule has 0 fully saturated rings. The minimum atomic E-state index is -3.81. The highest BCUT2D eigenvalue weighted by atomic mass is 32.2. The second-order valence-corrected chi connectivity index (χ2v) is 6.53. The van der Waals surface area contributed by atoms with Crippen LogP contribution in [0.2, 0.25) is 0 Å². The topological polar surface area (TPSA) is 84.2 Å². The Morgan fingerprint density at radius 3 is 2.71 bits per heavy atom. The molecule has 0 saturated carbocycles. The SMILES string of the molecule is CCCn1cc(S(=O)(=O)Nc2cccc(C)c2O)nc1C. The molecule has 1 aromatic heterocycles. The molecular formula is C14H19N3O3S. The first-order valence-electron chi connectivity index (χ1n) is 6.70. The first kappa shape index (κ1) is 15.4. The molecule has 0 atom stereocenters. The molecule has 0 unspecified atom stereocenters. The van der Waals surface area contributed by atoms with Crippen LogP contribution in [-0.2, 0) is 16.6 Å². The number of sulfonamides is 1. The third kappa shape index (κ3) is 3.18. The summed E-state index contributed by atoms with van der Waals surface area (Å²) in [6, 6.07) is 4.89. The molecule has 6 nitrogen and oxygen atoms in total. The standard InChI is InChI=1S/C14H19N3O3S/c1-4-8-17-9-13(15-11(17)3)21(19,20)16-12-7-5-6-10(2)14(12)18/h5-7,9,16,18H,4,8H2,1-3H3. The van der Waals surface area contributed by atoms with Crippen molar-refractivity contribution >= 4 is 15.7 Å². The highest BCUT2D eigenvalue weighted by molar-refractivity contribution is 7.92. The van der Waals surface area contributed by atoms with E-state index < -0.39 is 10.0 Å². The lowest BCUT2D eigenvalue weighted by molar-refractivity contribution is 0.473. The van der Waals surface area contributed by atoms with E-state index in [0.29, 0.717) is 17.9 Å². The van der Waals surface area contributed by atoms with Crippen molar-refractivity contribution in [2.45, 2.75) is 38.8 Å². The van der Waals surface area contributed by atoms with E-state index in [2.05, 4.69) is 9.71 Å². The fraction of sp³-hybridized carbons (Fsp3) is 0.357. The van der Waals surface area contributed by atoms with Gasteiger partial charge in [-0.15, -0.1) is 0 Å². The molecule has 2 rings (SSSR count). The molecule has 0 spiro atoms. The zero-order valence-corrected chi connectivity index (χ0v) is 13.1. The van der Waals surface area contributed by atoms with E-state index in [-0.39, 0.29) is 16.5 Å². The van der Waals surface area contributed by atoms with Crippen molar-refractivity contribution in [2.24, 2.45) is 0 Å². The molecule has 0 amide bonds. The lowest BCUT2D eigenvalue weighted by atomic mass is 10.2. The molecule has 0 aliphatic heterocycles. The summed E-state index contributed by atoms with van der Waals surface area (Å²) in [5, 5.41) is 9.85. The second kappa shape index (κ2) is 5.77. The van der Waals surface area contributed by atoms with Gasteiger partial charge in [-0.25, -0.2) is 4.98 Å². The number of aromatic hydroxyl groups is 1. The number of aryl methyl sites for hydroxylation is 3. The van der Waals surface area contributed by atoms with Gasteiger partial charge in [-0.1, -0.05) is 19.1 Å². The number of benzene rings is 1. The molecule has 2 aromatic rings. The normalized spacial score (nSPS) is 11.6. The average molecular weight is 309 g/mol. The van der Waals surface area contributed by atoms with Gasteiger partial charge in [-0.05, 0) is 31.9 Å². The maximum Gasteiger partial charge on any atom is 0.281 e. The Bertz CT molecular complexity index is 751. The fourth-order valence-corrected chi connectivity index (χ4v) is 3.09. The van der Waals surface area contributed by atoms with Gasteiger partial charge in [0.1, 0.15) is 11.6 Å². The number of phenols is 1. The summed E-state index contributed by atoms with van der Waals surface area (Å²) < 4.78 is 28.8. The van der Waals surface area contributed by atoms with Crippen LogP contribution in [0.15, 0.2) is 29.4 Å². The van der Waals surface area contributed by atoms with Crippen LogP contribution < -0.4 is 4.72 Å². The number of aromatic nitrogens is 2. The van der Waals surface area contributed by atoms with E-state index in [0.717, 1.165) is 6.42 Å². The maximum absolute atomic E-state index is 12.3. The predicted octanol–water partition coefficient (Wildman–Crippen LogP) is 2.42. The van der Waals surface area contributed by atoms with E-state index >= 15 is 0 Å². The smallest absolute Gasteiger partial charge is 0.281 e. The molecule has 0 saturated heterocycles. The van der Waals surface area contributed by atoms with Crippen LogP contribution in [0.1, 0.15) is 24.7 Å². The predicted molar refractivity (Wildman–Crippen MR) is 80.9 cm³/mol. The summed E-state index contributed by atoms with van der Waals surface area (Å²) in [5.41, 5.74) is 0.751. The molecule has 114 valence electrons. The van der Waals surface area contributed by atoms with Gasteiger partial charge in [-0.3, -0.25) is 4.72 Å². The third-order valence-corrected chi connectivity index (χ3v) is 4.41. The average Bonchev–Trinajstić information content (AvgIpc) is 2.78. The van der Waals surface area contributed by atoms with Crippen LogP contribution in [0.25, 0.3) is 0 Å². The number of phenolic OH excluding ortho intramolecular Hbond substituents is 1. The van der Waals surface area contributed by atoms with Crippen LogP contribution >= 0.6 is 0 Å². The van der Waals surface area contributed by atoms with Gasteiger partial charge in [0.05, 0.1) is 5.69 Å². The summed E-state index contributed by atoms with van der Waals surface area (Å²) >= 11 is 0. The zero-order chi connectivity index (χ0) is 15.6. The van der Waals surface area contributed by atoms with E-state index in [1.165, 1.54) is 12.3 Å². The monoisotopic (exact) mass is 309 g/mol. The molecule has 0 radical (unpaired) electrons. The van der Waals surface area contributed by atoms with Crippen LogP contribution in [0, 0.1) is 13.8 Å². The molecular weight excluding hydrogens is 290 g/mol. The summed E-state index contributed by atoms with van der Waals surface area (Å²) in [6.07, 6.45) is 2.40. The second-order valence-electron chi connectivity index (χ2n) is 4.90. The Morgan fingerprint density at radius 1 is 1.33 bits per heavy atom. The number of imidazole rings is 1. The number of nitrogens with zero attached hydrogens (tertiary/aromatic N) is 2. The van der Waals surface area contributed by atoms with Gasteiger partial charge in [0.2, 0.25) is 0 Å². The van der Waals surface area contributed by atoms with Gasteiger partial charge in [0.15, 0.2) is 5.03 Å². The van der Waals surface area contributed by atoms with Gasteiger partial charge in [0, 0.05) is 12.7 Å². The summed E-state index contributed by atoms with van der Waals surface area (Å²) in [6.45, 7) is 6.19. The number of hydrogen-bond acceptors (Lipinski definition) is 4. The Morgan fingerprint density at radius 2 is 2.05 bits per heavy atom. The summed E-state index contributed by atoms with van der Waals surface area (Å²) in [5.74, 6) is 0.566. The lowest BCUT2D eigenvalue weighted by Crippen LogP contribution is -2.13. The lowest BCUT2D eigenvalue weighted by Gasteiger charge is -2.09. The van der Waals surface area contributed by atoms with Crippen LogP contribution in [-0.4, -0.2) is 23.1 Å². The largest absolute Gasteiger partial charge is 0.505 e. The fourth-order valence-electron chi connectivity index (χ4n) is 2.01. The number of nitrogens with one attached hydrogen (secondary N) is 1. The number of para-hydroxylation sites is 1. The van der Waals surface area contributed by atoms with Gasteiger partial charge < -0.3 is 9.67 Å². The van der Waals surface area contributed by atoms with Crippen LogP contribution in [0.5, 0.6) is 5.75 Å². The molecule has 2 N–H and O–H groups in total. The minimum Gasteiger partial charge on any atom is -0.505 e. The van der Waals surface area contributed by atoms with Gasteiger partial charge in [0.25, 0.3) is 10.0 Å². The van der Waals surface area contributed by atoms with E-state index in [1.807, 2.05) is 6.92 Å². The van der Waals surface area contributed by atoms with Crippen molar-refractivity contribution in [2.75, 3.05) is 4.72 Å². The van der Waals surface area contributed by atoms with Crippen molar-refractivity contribution in [1.29, 1.82) is 0 Å². The number of hydrogen-bond donors (Lipinski definition) is 2. The number of anilines is 1. The van der Waals surface area contributed by atoms with E-state index in [4.69, 9.17) is 0 Å². The molecule has 0 bridgehead atoms.